The second kappa shape index (κ2) is 10.7. The summed E-state index contributed by atoms with van der Waals surface area (Å²) in [7, 11) is 1.57. The molecule has 1 aliphatic rings. The number of hydrogen-bond acceptors (Lipinski definition) is 6. The van der Waals surface area contributed by atoms with E-state index in [1.54, 1.807) is 25.3 Å². The largest absolute Gasteiger partial charge is 0.573 e. The van der Waals surface area contributed by atoms with Gasteiger partial charge in [-0.3, -0.25) is 0 Å². The lowest BCUT2D eigenvalue weighted by molar-refractivity contribution is -0.274. The fourth-order valence-electron chi connectivity index (χ4n) is 4.21. The Labute approximate surface area is 209 Å². The molecule has 1 saturated carbocycles. The van der Waals surface area contributed by atoms with Crippen LogP contribution in [0.2, 0.25) is 5.02 Å². The highest BCUT2D eigenvalue weighted by Crippen LogP contribution is 2.38. The summed E-state index contributed by atoms with van der Waals surface area (Å²) in [6.07, 6.45) is -2.50. The molecule has 1 N–H and O–H groups in total. The van der Waals surface area contributed by atoms with Crippen LogP contribution in [-0.4, -0.2) is 45.6 Å². The first kappa shape index (κ1) is 25.6. The highest BCUT2D eigenvalue weighted by Gasteiger charge is 2.33. The molecule has 1 aliphatic carbocycles. The van der Waals surface area contributed by atoms with Gasteiger partial charge in [-0.1, -0.05) is 35.0 Å². The molecular formula is C24H23ClF3N3O5. The molecule has 0 atom stereocenters. The van der Waals surface area contributed by atoms with E-state index in [0.717, 1.165) is 11.1 Å². The number of ether oxygens (including phenoxy) is 3. The number of rotatable bonds is 8. The summed E-state index contributed by atoms with van der Waals surface area (Å²) < 4.78 is 54.0. The Morgan fingerprint density at radius 3 is 2.42 bits per heavy atom. The summed E-state index contributed by atoms with van der Waals surface area (Å²) >= 11 is 6.00. The minimum atomic E-state index is -4.82. The molecule has 36 heavy (non-hydrogen) atoms. The highest BCUT2D eigenvalue weighted by atomic mass is 35.5. The van der Waals surface area contributed by atoms with Gasteiger partial charge in [0, 0.05) is 0 Å². The van der Waals surface area contributed by atoms with Crippen molar-refractivity contribution in [2.45, 2.75) is 50.6 Å². The van der Waals surface area contributed by atoms with Gasteiger partial charge >= 0.3 is 12.3 Å². The third kappa shape index (κ3) is 6.20. The molecule has 8 nitrogen and oxygen atoms in total. The summed E-state index contributed by atoms with van der Waals surface area (Å²) in [5, 5.41) is 17.2. The number of methoxy groups -OCH3 is 1. The van der Waals surface area contributed by atoms with Gasteiger partial charge < -0.3 is 19.3 Å². The molecule has 0 saturated heterocycles. The molecule has 4 rings (SSSR count). The van der Waals surface area contributed by atoms with Gasteiger partial charge in [0.25, 0.3) is 0 Å². The summed E-state index contributed by atoms with van der Waals surface area (Å²) in [5.41, 5.74) is 1.41. The van der Waals surface area contributed by atoms with Crippen molar-refractivity contribution in [2.75, 3.05) is 7.11 Å². The third-order valence-electron chi connectivity index (χ3n) is 5.99. The first-order valence-corrected chi connectivity index (χ1v) is 11.5. The number of carboxylic acids is 1. The standard InChI is InChI=1S/C24H23ClF3N3O5/c1-34-17-7-2-14(3-8-17)13-31-22(21(23(32)33)29-30-31)35-18-9-4-15(5-10-18)16-6-11-20(19(25)12-16)36-24(26,27)28/h2-3,6-8,11-12,15,18H,4-5,9-10,13H2,1H3,(H,32,33)/t15-,18-. The molecule has 1 fully saturated rings. The second-order valence-electron chi connectivity index (χ2n) is 8.38. The molecule has 192 valence electrons. The molecular weight excluding hydrogens is 503 g/mol. The Morgan fingerprint density at radius 2 is 1.83 bits per heavy atom. The van der Waals surface area contributed by atoms with E-state index in [4.69, 9.17) is 21.1 Å². The lowest BCUT2D eigenvalue weighted by atomic mass is 9.82. The summed E-state index contributed by atoms with van der Waals surface area (Å²) in [6.45, 7) is 0.264. The predicted octanol–water partition coefficient (Wildman–Crippen LogP) is 5.69. The number of halogens is 4. The van der Waals surface area contributed by atoms with Crippen LogP contribution in [-0.2, 0) is 6.54 Å². The number of carboxylic acid groups (broad SMARTS) is 1. The summed E-state index contributed by atoms with van der Waals surface area (Å²) in [6, 6.07) is 11.6. The zero-order valence-corrected chi connectivity index (χ0v) is 19.9. The average molecular weight is 526 g/mol. The molecule has 0 radical (unpaired) electrons. The fourth-order valence-corrected chi connectivity index (χ4v) is 4.44. The van der Waals surface area contributed by atoms with E-state index in [1.165, 1.54) is 16.8 Å². The van der Waals surface area contributed by atoms with E-state index < -0.39 is 18.1 Å². The maximum absolute atomic E-state index is 12.5. The predicted molar refractivity (Wildman–Crippen MR) is 123 cm³/mol. The number of aromatic carboxylic acids is 1. The van der Waals surface area contributed by atoms with Crippen LogP contribution < -0.4 is 14.2 Å². The Balaban J connectivity index is 1.42. The van der Waals surface area contributed by atoms with Crippen LogP contribution in [0.25, 0.3) is 0 Å². The molecule has 0 unspecified atom stereocenters. The van der Waals surface area contributed by atoms with Gasteiger partial charge in [-0.05, 0) is 67.0 Å². The van der Waals surface area contributed by atoms with Gasteiger partial charge in [0.2, 0.25) is 11.6 Å². The number of alkyl halides is 3. The van der Waals surface area contributed by atoms with E-state index in [2.05, 4.69) is 15.0 Å². The fraction of sp³-hybridized carbons (Fsp3) is 0.375. The van der Waals surface area contributed by atoms with Crippen LogP contribution in [0.15, 0.2) is 42.5 Å². The molecule has 0 aliphatic heterocycles. The lowest BCUT2D eigenvalue weighted by Gasteiger charge is -2.29. The van der Waals surface area contributed by atoms with Crippen molar-refractivity contribution in [3.05, 3.63) is 64.3 Å². The van der Waals surface area contributed by atoms with E-state index in [0.29, 0.717) is 31.4 Å². The average Bonchev–Trinajstić information content (AvgIpc) is 3.23. The molecule has 0 bridgehead atoms. The van der Waals surface area contributed by atoms with Crippen molar-refractivity contribution in [3.8, 4) is 17.4 Å². The van der Waals surface area contributed by atoms with Crippen LogP contribution in [0.5, 0.6) is 17.4 Å². The van der Waals surface area contributed by atoms with Crippen LogP contribution in [0, 0.1) is 0 Å². The number of hydrogen-bond donors (Lipinski definition) is 1. The normalized spacial score (nSPS) is 18.0. The Hall–Kier alpha value is -3.47. The van der Waals surface area contributed by atoms with Crippen molar-refractivity contribution < 1.29 is 37.3 Å². The number of aromatic nitrogens is 3. The number of nitrogens with zero attached hydrogens (tertiary/aromatic N) is 3. The smallest absolute Gasteiger partial charge is 0.497 e. The minimum absolute atomic E-state index is 0.0727. The zero-order chi connectivity index (χ0) is 25.9. The Bertz CT molecular complexity index is 1210. The maximum atomic E-state index is 12.5. The Morgan fingerprint density at radius 1 is 1.14 bits per heavy atom. The van der Waals surface area contributed by atoms with Crippen molar-refractivity contribution in [2.24, 2.45) is 0 Å². The minimum Gasteiger partial charge on any atom is -0.497 e. The van der Waals surface area contributed by atoms with Gasteiger partial charge in [-0.2, -0.15) is 0 Å². The SMILES string of the molecule is COc1ccc(Cn2nnc(C(=O)O)c2O[C@H]2CC[C@H](c3ccc(OC(F)(F)F)c(Cl)c3)CC2)cc1. The van der Waals surface area contributed by atoms with Gasteiger partial charge in [-0.15, -0.1) is 18.3 Å². The third-order valence-corrected chi connectivity index (χ3v) is 6.28. The van der Waals surface area contributed by atoms with Gasteiger partial charge in [0.15, 0.2) is 0 Å². The van der Waals surface area contributed by atoms with Crippen LogP contribution in [0.3, 0.4) is 0 Å². The molecule has 0 amide bonds. The first-order chi connectivity index (χ1) is 17.1. The zero-order valence-electron chi connectivity index (χ0n) is 19.2. The van der Waals surface area contributed by atoms with E-state index >= 15 is 0 Å². The van der Waals surface area contributed by atoms with Gasteiger partial charge in [0.1, 0.15) is 17.6 Å². The molecule has 2 aromatic carbocycles. The maximum Gasteiger partial charge on any atom is 0.573 e. The molecule has 12 heteroatoms. The Kier molecular flexibility index (Phi) is 7.58. The van der Waals surface area contributed by atoms with Gasteiger partial charge in [-0.25, -0.2) is 9.48 Å². The molecule has 1 aromatic heterocycles. The molecule has 3 aromatic rings. The van der Waals surface area contributed by atoms with E-state index in [9.17, 15) is 23.1 Å². The molecule has 1 heterocycles. The van der Waals surface area contributed by atoms with Crippen LogP contribution >= 0.6 is 11.6 Å². The monoisotopic (exact) mass is 525 g/mol. The summed E-state index contributed by atoms with van der Waals surface area (Å²) in [4.78, 5) is 11.7. The second-order valence-corrected chi connectivity index (χ2v) is 8.79. The number of benzene rings is 2. The first-order valence-electron chi connectivity index (χ1n) is 11.1. The van der Waals surface area contributed by atoms with Gasteiger partial charge in [0.05, 0.1) is 18.7 Å². The van der Waals surface area contributed by atoms with E-state index in [-0.39, 0.29) is 35.2 Å². The molecule has 0 spiro atoms. The highest BCUT2D eigenvalue weighted by molar-refractivity contribution is 6.32. The van der Waals surface area contributed by atoms with Crippen molar-refractivity contribution in [1.82, 2.24) is 15.0 Å². The van der Waals surface area contributed by atoms with E-state index in [1.807, 2.05) is 12.1 Å². The van der Waals surface area contributed by atoms with Crippen molar-refractivity contribution >= 4 is 17.6 Å². The van der Waals surface area contributed by atoms with Crippen LogP contribution in [0.1, 0.15) is 53.2 Å². The van der Waals surface area contributed by atoms with Crippen molar-refractivity contribution in [3.63, 3.8) is 0 Å². The quantitative estimate of drug-likeness (QED) is 0.403. The van der Waals surface area contributed by atoms with Crippen molar-refractivity contribution in [1.29, 1.82) is 0 Å². The lowest BCUT2D eigenvalue weighted by Crippen LogP contribution is -2.25. The van der Waals surface area contributed by atoms with Crippen LogP contribution in [0.4, 0.5) is 13.2 Å². The number of carbonyl (C=O) groups is 1. The topological polar surface area (TPSA) is 95.7 Å². The summed E-state index contributed by atoms with van der Waals surface area (Å²) in [5.74, 6) is -0.832.